The highest BCUT2D eigenvalue weighted by Crippen LogP contribution is 2.76. The lowest BCUT2D eigenvalue weighted by Crippen LogP contribution is -2.66. The number of fused-ring (bicyclic) bond motifs is 5. The minimum atomic E-state index is -0.808. The highest BCUT2D eigenvalue weighted by molar-refractivity contribution is 5.90. The van der Waals surface area contributed by atoms with E-state index in [0.29, 0.717) is 17.4 Å². The van der Waals surface area contributed by atoms with Gasteiger partial charge >= 0.3 is 5.97 Å². The lowest BCUT2D eigenvalue weighted by Gasteiger charge is -2.70. The first-order valence-electron chi connectivity index (χ1n) is 18.0. The molecule has 0 aliphatic heterocycles. The lowest BCUT2D eigenvalue weighted by molar-refractivity contribution is -0.246. The molecule has 254 valence electrons. The number of ether oxygens (including phenoxy) is 2. The number of methoxy groups -OCH3 is 1. The lowest BCUT2D eigenvalue weighted by atomic mass is 9.35. The largest absolute Gasteiger partial charge is 0.458 e. The Kier molecular flexibility index (Phi) is 9.01. The van der Waals surface area contributed by atoms with Gasteiger partial charge in [-0.2, -0.15) is 0 Å². The summed E-state index contributed by atoms with van der Waals surface area (Å²) in [4.78, 5) is 13.4. The topological polar surface area (TPSA) is 76.0 Å². The molecule has 0 bridgehead atoms. The Morgan fingerprint density at radius 2 is 1.51 bits per heavy atom. The molecule has 0 spiro atoms. The third-order valence-corrected chi connectivity index (χ3v) is 14.8. The van der Waals surface area contributed by atoms with Crippen LogP contribution in [0.5, 0.6) is 0 Å². The van der Waals surface area contributed by atoms with Gasteiger partial charge in [-0.05, 0) is 151 Å². The van der Waals surface area contributed by atoms with Gasteiger partial charge < -0.3 is 19.7 Å². The number of esters is 1. The Hall–Kier alpha value is -1.43. The molecular formula is C40H64O5. The fraction of sp³-hybridized carbons (Fsp3) is 0.825. The number of aryl methyl sites for hydroxylation is 2. The second-order valence-electron chi connectivity index (χ2n) is 18.3. The number of hydrogen-bond acceptors (Lipinski definition) is 5. The van der Waals surface area contributed by atoms with Gasteiger partial charge in [-0.1, -0.05) is 51.8 Å². The molecular weight excluding hydrogens is 560 g/mol. The van der Waals surface area contributed by atoms with Crippen molar-refractivity contribution in [3.05, 3.63) is 34.9 Å². The molecule has 0 radical (unpaired) electrons. The average molecular weight is 625 g/mol. The molecule has 0 aromatic heterocycles. The summed E-state index contributed by atoms with van der Waals surface area (Å²) in [5.41, 5.74) is 1.76. The van der Waals surface area contributed by atoms with Crippen molar-refractivity contribution in [2.45, 2.75) is 157 Å². The third kappa shape index (κ3) is 5.73. The molecule has 0 unspecified atom stereocenters. The van der Waals surface area contributed by atoms with E-state index in [4.69, 9.17) is 9.47 Å². The van der Waals surface area contributed by atoms with Crippen molar-refractivity contribution in [2.24, 2.45) is 45.3 Å². The van der Waals surface area contributed by atoms with Gasteiger partial charge in [-0.25, -0.2) is 4.79 Å². The van der Waals surface area contributed by atoms with Gasteiger partial charge in [0.05, 0.1) is 22.9 Å². The van der Waals surface area contributed by atoms with Crippen LogP contribution >= 0.6 is 0 Å². The molecule has 4 aliphatic carbocycles. The molecule has 4 fully saturated rings. The molecule has 5 heteroatoms. The van der Waals surface area contributed by atoms with E-state index in [1.54, 1.807) is 7.11 Å². The fourth-order valence-corrected chi connectivity index (χ4v) is 12.1. The Morgan fingerprint density at radius 3 is 2.13 bits per heavy atom. The van der Waals surface area contributed by atoms with Crippen molar-refractivity contribution < 1.29 is 24.5 Å². The predicted octanol–water partition coefficient (Wildman–Crippen LogP) is 8.83. The van der Waals surface area contributed by atoms with Crippen LogP contribution in [-0.2, 0) is 9.47 Å². The number of aliphatic hydroxyl groups excluding tert-OH is 1. The summed E-state index contributed by atoms with van der Waals surface area (Å²) in [5, 5.41) is 24.1. The Bertz CT molecular complexity index is 1240. The van der Waals surface area contributed by atoms with Gasteiger partial charge in [0.15, 0.2) is 0 Å². The highest BCUT2D eigenvalue weighted by atomic mass is 16.5. The van der Waals surface area contributed by atoms with Crippen molar-refractivity contribution in [1.82, 2.24) is 0 Å². The molecule has 5 nitrogen and oxygen atoms in total. The highest BCUT2D eigenvalue weighted by Gasteiger charge is 2.71. The summed E-state index contributed by atoms with van der Waals surface area (Å²) < 4.78 is 12.0. The smallest absolute Gasteiger partial charge is 0.338 e. The fourth-order valence-electron chi connectivity index (χ4n) is 12.1. The van der Waals surface area contributed by atoms with Crippen LogP contribution in [0.25, 0.3) is 0 Å². The SMILES string of the molecule is COC(C)(C)CCC[C@@](C)(O)[C@H]1CC[C@]2(C)[C@@H]1[C@H](O)C[C@@H]1[C@@]3(C)CC[C@H](OC(=O)c4cc(C)cc(C)c4)C(C)(C)[C@@H]3CC[C@]12C. The first kappa shape index (κ1) is 34.9. The van der Waals surface area contributed by atoms with Crippen LogP contribution in [0.1, 0.15) is 141 Å². The van der Waals surface area contributed by atoms with E-state index in [-0.39, 0.29) is 51.2 Å². The number of aliphatic hydroxyl groups is 2. The third-order valence-electron chi connectivity index (χ3n) is 14.8. The monoisotopic (exact) mass is 624 g/mol. The van der Waals surface area contributed by atoms with E-state index in [0.717, 1.165) is 75.3 Å². The minimum Gasteiger partial charge on any atom is -0.458 e. The Labute approximate surface area is 274 Å². The maximum absolute atomic E-state index is 13.4. The Morgan fingerprint density at radius 1 is 0.889 bits per heavy atom. The van der Waals surface area contributed by atoms with E-state index in [2.05, 4.69) is 54.5 Å². The van der Waals surface area contributed by atoms with E-state index in [1.807, 2.05) is 32.9 Å². The summed E-state index contributed by atoms with van der Waals surface area (Å²) in [6, 6.07) is 5.97. The first-order valence-corrected chi connectivity index (χ1v) is 18.0. The van der Waals surface area contributed by atoms with Crippen LogP contribution in [0.15, 0.2) is 18.2 Å². The van der Waals surface area contributed by atoms with Crippen LogP contribution in [0.4, 0.5) is 0 Å². The standard InChI is InChI=1S/C40H64O5/c1-25-21-26(2)23-27(22-25)34(42)45-32-15-18-37(7)30(36(32,5)6)14-20-38(8)31(37)24-29(41)33-28(13-19-39(33,38)9)40(10,43)17-12-16-35(3,4)44-11/h21-23,28-33,41,43H,12-20,24H2,1-11H3/t28-,29+,30-,31+,32-,33-,37-,38+,39+,40+/m0/s1. The summed E-state index contributed by atoms with van der Waals surface area (Å²) in [7, 11) is 1.76. The normalized spacial score (nSPS) is 40.6. The average Bonchev–Trinajstić information content (AvgIpc) is 3.32. The molecule has 1 aromatic carbocycles. The maximum atomic E-state index is 13.4. The van der Waals surface area contributed by atoms with Crippen molar-refractivity contribution in [3.8, 4) is 0 Å². The number of hydrogen-bond donors (Lipinski definition) is 2. The van der Waals surface area contributed by atoms with Crippen molar-refractivity contribution in [1.29, 1.82) is 0 Å². The zero-order valence-electron chi connectivity index (χ0n) is 30.4. The van der Waals surface area contributed by atoms with Crippen LogP contribution < -0.4 is 0 Å². The quantitative estimate of drug-likeness (QED) is 0.283. The van der Waals surface area contributed by atoms with E-state index < -0.39 is 11.7 Å². The summed E-state index contributed by atoms with van der Waals surface area (Å²) >= 11 is 0. The van der Waals surface area contributed by atoms with Gasteiger partial charge in [0.1, 0.15) is 6.10 Å². The van der Waals surface area contributed by atoms with Crippen molar-refractivity contribution in [3.63, 3.8) is 0 Å². The first-order chi connectivity index (χ1) is 20.7. The van der Waals surface area contributed by atoms with Crippen LogP contribution in [0.3, 0.4) is 0 Å². The molecule has 4 saturated carbocycles. The zero-order valence-corrected chi connectivity index (χ0v) is 30.4. The Balaban J connectivity index is 1.36. The molecule has 45 heavy (non-hydrogen) atoms. The number of carbonyl (C=O) groups excluding carboxylic acids is 1. The van der Waals surface area contributed by atoms with Crippen LogP contribution in [0, 0.1) is 59.2 Å². The predicted molar refractivity (Wildman–Crippen MR) is 181 cm³/mol. The van der Waals surface area contributed by atoms with E-state index in [1.165, 1.54) is 0 Å². The van der Waals surface area contributed by atoms with E-state index >= 15 is 0 Å². The second-order valence-corrected chi connectivity index (χ2v) is 18.3. The van der Waals surface area contributed by atoms with Gasteiger partial charge in [-0.15, -0.1) is 0 Å². The second kappa shape index (κ2) is 11.6. The maximum Gasteiger partial charge on any atom is 0.338 e. The van der Waals surface area contributed by atoms with Crippen LogP contribution in [0.2, 0.25) is 0 Å². The van der Waals surface area contributed by atoms with Gasteiger partial charge in [0, 0.05) is 12.5 Å². The zero-order chi connectivity index (χ0) is 33.4. The molecule has 0 heterocycles. The van der Waals surface area contributed by atoms with E-state index in [9.17, 15) is 15.0 Å². The molecule has 2 N–H and O–H groups in total. The van der Waals surface area contributed by atoms with Gasteiger partial charge in [-0.3, -0.25) is 0 Å². The molecule has 1 aromatic rings. The number of carbonyl (C=O) groups is 1. The molecule has 10 atom stereocenters. The van der Waals surface area contributed by atoms with Crippen molar-refractivity contribution >= 4 is 5.97 Å². The van der Waals surface area contributed by atoms with Crippen molar-refractivity contribution in [2.75, 3.05) is 7.11 Å². The molecule has 5 rings (SSSR count). The minimum absolute atomic E-state index is 0.0275. The van der Waals surface area contributed by atoms with Gasteiger partial charge in [0.2, 0.25) is 0 Å². The number of rotatable bonds is 8. The molecule has 4 aliphatic rings. The summed E-state index contributed by atoms with van der Waals surface area (Å²) in [6.07, 6.45) is 8.95. The number of benzene rings is 1. The molecule has 0 amide bonds. The summed E-state index contributed by atoms with van der Waals surface area (Å²) in [5.74, 6) is 0.797. The summed E-state index contributed by atoms with van der Waals surface area (Å²) in [6.45, 7) is 22.5. The molecule has 0 saturated heterocycles. The van der Waals surface area contributed by atoms with Gasteiger partial charge in [0.25, 0.3) is 0 Å². The van der Waals surface area contributed by atoms with Crippen LogP contribution in [-0.4, -0.2) is 46.7 Å².